The number of hydrogen-bond donors (Lipinski definition) is 1. The van der Waals surface area contributed by atoms with E-state index in [0.29, 0.717) is 16.3 Å². The maximum absolute atomic E-state index is 10.6. The van der Waals surface area contributed by atoms with Gasteiger partial charge < -0.3 is 9.84 Å². The molecule has 1 aromatic carbocycles. The summed E-state index contributed by atoms with van der Waals surface area (Å²) in [5, 5.41) is 9.10. The first-order valence-corrected chi connectivity index (χ1v) is 3.96. The van der Waals surface area contributed by atoms with Crippen molar-refractivity contribution in [1.29, 1.82) is 0 Å². The molecule has 0 spiro atoms. The van der Waals surface area contributed by atoms with Crippen molar-refractivity contribution in [2.24, 2.45) is 0 Å². The summed E-state index contributed by atoms with van der Waals surface area (Å²) in [6.07, 6.45) is 0. The van der Waals surface area contributed by atoms with E-state index in [2.05, 4.69) is 0 Å². The average molecular weight is 200 g/mol. The minimum atomic E-state index is -0.425. The molecule has 0 unspecified atom stereocenters. The van der Waals surface area contributed by atoms with Gasteiger partial charge in [0, 0.05) is 11.9 Å². The molecule has 0 aromatic heterocycles. The number of benzene rings is 1. The highest BCUT2D eigenvalue weighted by molar-refractivity contribution is 6.30. The molecular formula is C9H8ClO3. The number of aliphatic hydroxyl groups excluding tert-OH is 1. The fraction of sp³-hybridized carbons (Fsp3) is 0.111. The van der Waals surface area contributed by atoms with Gasteiger partial charge in [-0.05, 0) is 23.8 Å². The van der Waals surface area contributed by atoms with Crippen LogP contribution in [0, 0.1) is 6.61 Å². The highest BCUT2D eigenvalue weighted by atomic mass is 35.5. The second kappa shape index (κ2) is 4.25. The Morgan fingerprint density at radius 2 is 2.23 bits per heavy atom. The minimum Gasteiger partial charge on any atom is -0.427 e. The number of carbonyl (C=O) groups is 1. The van der Waals surface area contributed by atoms with E-state index < -0.39 is 5.97 Å². The Morgan fingerprint density at radius 3 is 2.77 bits per heavy atom. The third kappa shape index (κ3) is 3.05. The highest BCUT2D eigenvalue weighted by Crippen LogP contribution is 2.21. The van der Waals surface area contributed by atoms with Crippen LogP contribution < -0.4 is 4.74 Å². The van der Waals surface area contributed by atoms with E-state index >= 15 is 0 Å². The van der Waals surface area contributed by atoms with Crippen molar-refractivity contribution in [3.63, 3.8) is 0 Å². The quantitative estimate of drug-likeness (QED) is 0.587. The summed E-state index contributed by atoms with van der Waals surface area (Å²) >= 11 is 5.69. The number of carbonyl (C=O) groups excluding carboxylic acids is 1. The van der Waals surface area contributed by atoms with E-state index in [-0.39, 0.29) is 0 Å². The van der Waals surface area contributed by atoms with Crippen molar-refractivity contribution in [2.45, 2.75) is 6.92 Å². The first-order valence-electron chi connectivity index (χ1n) is 3.58. The Hall–Kier alpha value is -1.06. The lowest BCUT2D eigenvalue weighted by Gasteiger charge is -2.03. The van der Waals surface area contributed by atoms with Gasteiger partial charge in [-0.2, -0.15) is 0 Å². The van der Waals surface area contributed by atoms with Crippen LogP contribution in [0.15, 0.2) is 18.2 Å². The van der Waals surface area contributed by atoms with Crippen molar-refractivity contribution in [3.05, 3.63) is 35.4 Å². The lowest BCUT2D eigenvalue weighted by molar-refractivity contribution is -0.131. The SMILES string of the molecule is CC(=O)Oc1cc(Cl)cc([CH]O)c1. The molecule has 13 heavy (non-hydrogen) atoms. The number of halogens is 1. The summed E-state index contributed by atoms with van der Waals surface area (Å²) < 4.78 is 4.78. The Kier molecular flexibility index (Phi) is 3.28. The van der Waals surface area contributed by atoms with E-state index in [9.17, 15) is 4.79 Å². The van der Waals surface area contributed by atoms with Crippen LogP contribution in [-0.2, 0) is 4.79 Å². The number of esters is 1. The van der Waals surface area contributed by atoms with Crippen LogP contribution in [0.3, 0.4) is 0 Å². The van der Waals surface area contributed by atoms with Gasteiger partial charge in [0.1, 0.15) is 12.4 Å². The van der Waals surface area contributed by atoms with E-state index in [1.54, 1.807) is 6.07 Å². The van der Waals surface area contributed by atoms with Crippen LogP contribution in [0.4, 0.5) is 0 Å². The molecule has 0 aliphatic carbocycles. The number of hydrogen-bond acceptors (Lipinski definition) is 3. The Labute approximate surface area is 80.9 Å². The van der Waals surface area contributed by atoms with Gasteiger partial charge in [0.25, 0.3) is 0 Å². The monoisotopic (exact) mass is 199 g/mol. The summed E-state index contributed by atoms with van der Waals surface area (Å²) in [6.45, 7) is 2.18. The maximum Gasteiger partial charge on any atom is 0.308 e. The molecule has 0 atom stereocenters. The van der Waals surface area contributed by atoms with Gasteiger partial charge in [0.15, 0.2) is 0 Å². The van der Waals surface area contributed by atoms with Crippen molar-refractivity contribution < 1.29 is 14.6 Å². The zero-order chi connectivity index (χ0) is 9.84. The molecule has 0 aliphatic rings. The van der Waals surface area contributed by atoms with Gasteiger partial charge in [-0.3, -0.25) is 4.79 Å². The van der Waals surface area contributed by atoms with E-state index in [4.69, 9.17) is 21.4 Å². The van der Waals surface area contributed by atoms with Gasteiger partial charge in [0.05, 0.1) is 0 Å². The third-order valence-corrected chi connectivity index (χ3v) is 1.52. The molecule has 0 amide bonds. The summed E-state index contributed by atoms with van der Waals surface area (Å²) in [7, 11) is 0. The first kappa shape index (κ1) is 10.0. The molecule has 3 nitrogen and oxygen atoms in total. The Balaban J connectivity index is 2.94. The zero-order valence-electron chi connectivity index (χ0n) is 6.95. The maximum atomic E-state index is 10.6. The van der Waals surface area contributed by atoms with Gasteiger partial charge in [-0.1, -0.05) is 11.6 Å². The second-order valence-electron chi connectivity index (χ2n) is 2.44. The van der Waals surface area contributed by atoms with Crippen molar-refractivity contribution in [2.75, 3.05) is 0 Å². The standard InChI is InChI=1S/C9H8ClO3/c1-6(12)13-9-3-7(5-11)2-8(10)4-9/h2-5,11H,1H3. The largest absolute Gasteiger partial charge is 0.427 e. The molecule has 0 heterocycles. The molecule has 0 fully saturated rings. The van der Waals surface area contributed by atoms with Gasteiger partial charge in [0.2, 0.25) is 0 Å². The molecule has 1 radical (unpaired) electrons. The summed E-state index contributed by atoms with van der Waals surface area (Å²) in [5.74, 6) is -0.105. The van der Waals surface area contributed by atoms with Crippen LogP contribution in [-0.4, -0.2) is 11.1 Å². The van der Waals surface area contributed by atoms with Crippen LogP contribution >= 0.6 is 11.6 Å². The molecule has 1 aromatic rings. The fourth-order valence-electron chi connectivity index (χ4n) is 0.884. The normalized spacial score (nSPS) is 9.77. The lowest BCUT2D eigenvalue weighted by atomic mass is 10.2. The topological polar surface area (TPSA) is 46.5 Å². The van der Waals surface area contributed by atoms with Crippen molar-refractivity contribution >= 4 is 17.6 Å². The lowest BCUT2D eigenvalue weighted by Crippen LogP contribution is -2.01. The zero-order valence-corrected chi connectivity index (χ0v) is 7.71. The number of ether oxygens (including phenoxy) is 1. The highest BCUT2D eigenvalue weighted by Gasteiger charge is 2.02. The van der Waals surface area contributed by atoms with Crippen LogP contribution in [0.5, 0.6) is 5.75 Å². The van der Waals surface area contributed by atoms with Gasteiger partial charge in [-0.25, -0.2) is 0 Å². The summed E-state index contributed by atoms with van der Waals surface area (Å²) in [4.78, 5) is 10.6. The van der Waals surface area contributed by atoms with E-state index in [1.807, 2.05) is 0 Å². The second-order valence-corrected chi connectivity index (χ2v) is 2.88. The summed E-state index contributed by atoms with van der Waals surface area (Å²) in [5.41, 5.74) is 0.490. The van der Waals surface area contributed by atoms with Crippen LogP contribution in [0.25, 0.3) is 0 Å². The molecule has 1 rings (SSSR count). The molecule has 69 valence electrons. The number of rotatable bonds is 2. The Bertz CT molecular complexity index is 323. The third-order valence-electron chi connectivity index (χ3n) is 1.30. The molecule has 0 bridgehead atoms. The van der Waals surface area contributed by atoms with Crippen molar-refractivity contribution in [3.8, 4) is 5.75 Å². The molecule has 4 heteroatoms. The Morgan fingerprint density at radius 1 is 1.54 bits per heavy atom. The van der Waals surface area contributed by atoms with Crippen LogP contribution in [0.1, 0.15) is 12.5 Å². The predicted molar refractivity (Wildman–Crippen MR) is 48.1 cm³/mol. The van der Waals surface area contributed by atoms with Gasteiger partial charge >= 0.3 is 5.97 Å². The number of aliphatic hydroxyl groups is 1. The molecule has 0 saturated heterocycles. The van der Waals surface area contributed by atoms with Gasteiger partial charge in [-0.15, -0.1) is 0 Å². The minimum absolute atomic E-state index is 0.320. The first-order chi connectivity index (χ1) is 6.11. The smallest absolute Gasteiger partial charge is 0.308 e. The molecule has 1 N–H and O–H groups in total. The van der Waals surface area contributed by atoms with Crippen LogP contribution in [0.2, 0.25) is 5.02 Å². The molecule has 0 saturated carbocycles. The summed E-state index contributed by atoms with van der Waals surface area (Å²) in [6, 6.07) is 4.55. The molecule has 0 aliphatic heterocycles. The average Bonchev–Trinajstić information content (AvgIpc) is 2.01. The van der Waals surface area contributed by atoms with E-state index in [0.717, 1.165) is 6.61 Å². The van der Waals surface area contributed by atoms with Crippen molar-refractivity contribution in [1.82, 2.24) is 0 Å². The van der Waals surface area contributed by atoms with E-state index in [1.165, 1.54) is 19.1 Å². The molecular weight excluding hydrogens is 192 g/mol. The fourth-order valence-corrected chi connectivity index (χ4v) is 1.12. The predicted octanol–water partition coefficient (Wildman–Crippen LogP) is 2.15.